The second-order valence-corrected chi connectivity index (χ2v) is 5.94. The van der Waals surface area contributed by atoms with Crippen LogP contribution in [0.2, 0.25) is 10.0 Å². The van der Waals surface area contributed by atoms with Crippen LogP contribution in [-0.4, -0.2) is 9.55 Å². The molecule has 108 valence electrons. The van der Waals surface area contributed by atoms with Crippen LogP contribution in [0.1, 0.15) is 44.1 Å². The minimum absolute atomic E-state index is 0.508. The number of rotatable bonds is 7. The second kappa shape index (κ2) is 7.70. The average molecular weight is 311 g/mol. The number of imidazole rings is 1. The van der Waals surface area contributed by atoms with Crippen LogP contribution in [0.3, 0.4) is 0 Å². The lowest BCUT2D eigenvalue weighted by Gasteiger charge is -2.18. The maximum absolute atomic E-state index is 6.34. The molecule has 0 fully saturated rings. The van der Waals surface area contributed by atoms with Gasteiger partial charge in [0, 0.05) is 29.0 Å². The lowest BCUT2D eigenvalue weighted by molar-refractivity contribution is 0.510. The zero-order chi connectivity index (χ0) is 14.4. The van der Waals surface area contributed by atoms with Crippen molar-refractivity contribution in [3.8, 4) is 0 Å². The van der Waals surface area contributed by atoms with E-state index >= 15 is 0 Å². The van der Waals surface area contributed by atoms with Crippen LogP contribution in [0, 0.1) is 0 Å². The molecule has 4 heteroatoms. The normalized spacial score (nSPS) is 12.6. The molecule has 0 aliphatic carbocycles. The standard InChI is InChI=1S/C16H20Cl2N2/c1-2-4-13(5-3-9-20-10-8-19-12-20)15-7-6-14(17)11-16(15)18/h6-8,10-13H,2-5,9H2,1H3. The summed E-state index contributed by atoms with van der Waals surface area (Å²) in [5.74, 6) is 0.508. The monoisotopic (exact) mass is 310 g/mol. The maximum Gasteiger partial charge on any atom is 0.0945 e. The van der Waals surface area contributed by atoms with Crippen molar-refractivity contribution in [2.75, 3.05) is 0 Å². The fourth-order valence-corrected chi connectivity index (χ4v) is 3.14. The zero-order valence-electron chi connectivity index (χ0n) is 11.7. The molecule has 0 spiro atoms. The van der Waals surface area contributed by atoms with Gasteiger partial charge in [-0.3, -0.25) is 0 Å². The van der Waals surface area contributed by atoms with Gasteiger partial charge in [0.1, 0.15) is 0 Å². The number of aromatic nitrogens is 2. The molecule has 1 aromatic heterocycles. The van der Waals surface area contributed by atoms with Crippen LogP contribution in [0.15, 0.2) is 36.9 Å². The third-order valence-electron chi connectivity index (χ3n) is 3.57. The first kappa shape index (κ1) is 15.4. The number of nitrogens with zero attached hydrogens (tertiary/aromatic N) is 2. The molecule has 0 amide bonds. The number of hydrogen-bond donors (Lipinski definition) is 0. The second-order valence-electron chi connectivity index (χ2n) is 5.09. The number of hydrogen-bond acceptors (Lipinski definition) is 1. The van der Waals surface area contributed by atoms with Gasteiger partial charge in [0.2, 0.25) is 0 Å². The molecule has 0 aliphatic rings. The summed E-state index contributed by atoms with van der Waals surface area (Å²) in [6.07, 6.45) is 10.3. The molecule has 0 radical (unpaired) electrons. The molecule has 0 saturated heterocycles. The van der Waals surface area contributed by atoms with E-state index in [1.165, 1.54) is 5.56 Å². The molecule has 1 unspecified atom stereocenters. The van der Waals surface area contributed by atoms with E-state index < -0.39 is 0 Å². The van der Waals surface area contributed by atoms with Crippen LogP contribution in [0.5, 0.6) is 0 Å². The van der Waals surface area contributed by atoms with Crippen LogP contribution in [0.4, 0.5) is 0 Å². The highest BCUT2D eigenvalue weighted by Crippen LogP contribution is 2.33. The van der Waals surface area contributed by atoms with Gasteiger partial charge >= 0.3 is 0 Å². The van der Waals surface area contributed by atoms with E-state index in [1.54, 1.807) is 0 Å². The molecule has 0 bridgehead atoms. The summed E-state index contributed by atoms with van der Waals surface area (Å²) in [5.41, 5.74) is 1.23. The Morgan fingerprint density at radius 2 is 2.10 bits per heavy atom. The smallest absolute Gasteiger partial charge is 0.0945 e. The highest BCUT2D eigenvalue weighted by Gasteiger charge is 2.14. The lowest BCUT2D eigenvalue weighted by atomic mass is 9.90. The molecule has 0 N–H and O–H groups in total. The third kappa shape index (κ3) is 4.26. The first-order valence-electron chi connectivity index (χ1n) is 7.11. The highest BCUT2D eigenvalue weighted by molar-refractivity contribution is 6.35. The molecule has 1 atom stereocenters. The molecular weight excluding hydrogens is 291 g/mol. The van der Waals surface area contributed by atoms with E-state index in [0.29, 0.717) is 10.9 Å². The Morgan fingerprint density at radius 3 is 2.75 bits per heavy atom. The molecular formula is C16H20Cl2N2. The number of aryl methyl sites for hydroxylation is 1. The van der Waals surface area contributed by atoms with E-state index in [0.717, 1.165) is 37.3 Å². The van der Waals surface area contributed by atoms with Crippen molar-refractivity contribution in [3.05, 3.63) is 52.5 Å². The van der Waals surface area contributed by atoms with Crippen molar-refractivity contribution >= 4 is 23.2 Å². The topological polar surface area (TPSA) is 17.8 Å². The Morgan fingerprint density at radius 1 is 1.25 bits per heavy atom. The molecule has 2 nitrogen and oxygen atoms in total. The maximum atomic E-state index is 6.34. The predicted octanol–water partition coefficient (Wildman–Crippen LogP) is 5.55. The fraction of sp³-hybridized carbons (Fsp3) is 0.438. The first-order valence-corrected chi connectivity index (χ1v) is 7.87. The minimum Gasteiger partial charge on any atom is -0.337 e. The quantitative estimate of drug-likeness (QED) is 0.655. The molecule has 0 aliphatic heterocycles. The van der Waals surface area contributed by atoms with Crippen molar-refractivity contribution in [1.29, 1.82) is 0 Å². The van der Waals surface area contributed by atoms with Gasteiger partial charge in [-0.15, -0.1) is 0 Å². The van der Waals surface area contributed by atoms with Gasteiger partial charge in [-0.25, -0.2) is 4.98 Å². The molecule has 2 aromatic rings. The SMILES string of the molecule is CCCC(CCCn1ccnc1)c1ccc(Cl)cc1Cl. The average Bonchev–Trinajstić information content (AvgIpc) is 2.91. The summed E-state index contributed by atoms with van der Waals surface area (Å²) in [6, 6.07) is 5.85. The van der Waals surface area contributed by atoms with Gasteiger partial charge in [0.15, 0.2) is 0 Å². The number of halogens is 2. The lowest BCUT2D eigenvalue weighted by Crippen LogP contribution is -2.03. The van der Waals surface area contributed by atoms with Gasteiger partial charge in [-0.2, -0.15) is 0 Å². The summed E-state index contributed by atoms with van der Waals surface area (Å²) >= 11 is 12.3. The Labute approximate surface area is 130 Å². The van der Waals surface area contributed by atoms with Crippen molar-refractivity contribution < 1.29 is 0 Å². The summed E-state index contributed by atoms with van der Waals surface area (Å²) in [7, 11) is 0. The fourth-order valence-electron chi connectivity index (χ4n) is 2.58. The van der Waals surface area contributed by atoms with E-state index in [-0.39, 0.29) is 0 Å². The summed E-state index contributed by atoms with van der Waals surface area (Å²) in [6.45, 7) is 3.22. The van der Waals surface area contributed by atoms with E-state index in [4.69, 9.17) is 23.2 Å². The van der Waals surface area contributed by atoms with Gasteiger partial charge in [-0.05, 0) is 42.9 Å². The number of benzene rings is 1. The molecule has 1 aromatic carbocycles. The minimum atomic E-state index is 0.508. The zero-order valence-corrected chi connectivity index (χ0v) is 13.2. The summed E-state index contributed by atoms with van der Waals surface area (Å²) in [5, 5.41) is 1.49. The van der Waals surface area contributed by atoms with Crippen molar-refractivity contribution in [3.63, 3.8) is 0 Å². The Balaban J connectivity index is 1.98. The Hall–Kier alpha value is -0.990. The van der Waals surface area contributed by atoms with Gasteiger partial charge in [-0.1, -0.05) is 42.6 Å². The van der Waals surface area contributed by atoms with E-state index in [2.05, 4.69) is 22.5 Å². The van der Waals surface area contributed by atoms with Crippen LogP contribution in [0.25, 0.3) is 0 Å². The summed E-state index contributed by atoms with van der Waals surface area (Å²) in [4.78, 5) is 4.07. The highest BCUT2D eigenvalue weighted by atomic mass is 35.5. The molecule has 2 rings (SSSR count). The van der Waals surface area contributed by atoms with Crippen molar-refractivity contribution in [2.24, 2.45) is 0 Å². The van der Waals surface area contributed by atoms with Gasteiger partial charge in [0.25, 0.3) is 0 Å². The molecule has 0 saturated carbocycles. The van der Waals surface area contributed by atoms with Crippen molar-refractivity contribution in [2.45, 2.75) is 45.1 Å². The molecule has 20 heavy (non-hydrogen) atoms. The Kier molecular flexibility index (Phi) is 5.93. The van der Waals surface area contributed by atoms with Crippen LogP contribution in [-0.2, 0) is 6.54 Å². The largest absolute Gasteiger partial charge is 0.337 e. The Bertz CT molecular complexity index is 523. The predicted molar refractivity (Wildman–Crippen MR) is 85.6 cm³/mol. The van der Waals surface area contributed by atoms with E-state index in [1.807, 2.05) is 30.9 Å². The van der Waals surface area contributed by atoms with Crippen LogP contribution < -0.4 is 0 Å². The summed E-state index contributed by atoms with van der Waals surface area (Å²) < 4.78 is 2.12. The van der Waals surface area contributed by atoms with Gasteiger partial charge in [0.05, 0.1) is 6.33 Å². The van der Waals surface area contributed by atoms with Crippen LogP contribution >= 0.6 is 23.2 Å². The van der Waals surface area contributed by atoms with Gasteiger partial charge < -0.3 is 4.57 Å². The third-order valence-corrected chi connectivity index (χ3v) is 4.13. The van der Waals surface area contributed by atoms with E-state index in [9.17, 15) is 0 Å². The molecule has 1 heterocycles. The first-order chi connectivity index (χ1) is 9.70. The van der Waals surface area contributed by atoms with Crippen molar-refractivity contribution in [1.82, 2.24) is 9.55 Å².